The zero-order chi connectivity index (χ0) is 13.7. The third-order valence-corrected chi connectivity index (χ3v) is 3.74. The predicted molar refractivity (Wildman–Crippen MR) is 68.6 cm³/mol. The first-order valence-corrected chi connectivity index (χ1v) is 6.64. The van der Waals surface area contributed by atoms with Crippen molar-refractivity contribution >= 4 is 5.95 Å². The monoisotopic (exact) mass is 270 g/mol. The number of halogens is 1. The van der Waals surface area contributed by atoms with Crippen LogP contribution in [0.2, 0.25) is 0 Å². The molecule has 0 radical (unpaired) electrons. The third kappa shape index (κ3) is 3.73. The second-order valence-electron chi connectivity index (χ2n) is 4.94. The molecule has 0 aromatic carbocycles. The lowest BCUT2D eigenvalue weighted by Gasteiger charge is -2.31. The number of alkyl halides is 1. The summed E-state index contributed by atoms with van der Waals surface area (Å²) < 4.78 is 13.8. The Balaban J connectivity index is 1.77. The molecule has 0 bridgehead atoms. The van der Waals surface area contributed by atoms with Gasteiger partial charge in [-0.05, 0) is 43.2 Å². The fourth-order valence-electron chi connectivity index (χ4n) is 2.55. The summed E-state index contributed by atoms with van der Waals surface area (Å²) in [6, 6.07) is 0. The van der Waals surface area contributed by atoms with Crippen LogP contribution >= 0.6 is 0 Å². The van der Waals surface area contributed by atoms with Gasteiger partial charge in [0, 0.05) is 6.54 Å². The number of nitro groups is 1. The average molecular weight is 270 g/mol. The number of imidazole rings is 1. The minimum atomic E-state index is -0.465. The molecule has 0 aliphatic carbocycles. The van der Waals surface area contributed by atoms with E-state index in [2.05, 4.69) is 9.88 Å². The van der Waals surface area contributed by atoms with Crippen LogP contribution in [0.4, 0.5) is 10.3 Å². The molecule has 106 valence electrons. The molecule has 0 N–H and O–H groups in total. The van der Waals surface area contributed by atoms with Gasteiger partial charge in [0.25, 0.3) is 0 Å². The van der Waals surface area contributed by atoms with Crippen LogP contribution in [0.1, 0.15) is 19.3 Å². The number of aromatic nitrogens is 2. The van der Waals surface area contributed by atoms with Crippen molar-refractivity contribution in [3.63, 3.8) is 0 Å². The van der Waals surface area contributed by atoms with E-state index in [4.69, 9.17) is 0 Å². The van der Waals surface area contributed by atoms with Crippen molar-refractivity contribution < 1.29 is 9.31 Å². The Morgan fingerprint density at radius 1 is 1.42 bits per heavy atom. The second-order valence-corrected chi connectivity index (χ2v) is 4.94. The van der Waals surface area contributed by atoms with Crippen LogP contribution in [-0.4, -0.2) is 45.7 Å². The second kappa shape index (κ2) is 6.60. The minimum Gasteiger partial charge on any atom is -0.390 e. The van der Waals surface area contributed by atoms with Crippen molar-refractivity contribution in [2.24, 2.45) is 5.92 Å². The van der Waals surface area contributed by atoms with Gasteiger partial charge in [-0.2, -0.15) is 0 Å². The van der Waals surface area contributed by atoms with E-state index in [1.54, 1.807) is 10.8 Å². The molecule has 1 aromatic rings. The first-order chi connectivity index (χ1) is 9.20. The van der Waals surface area contributed by atoms with Crippen LogP contribution in [0.25, 0.3) is 0 Å². The van der Waals surface area contributed by atoms with Crippen molar-refractivity contribution in [1.82, 2.24) is 14.5 Å². The summed E-state index contributed by atoms with van der Waals surface area (Å²) in [6.45, 7) is 3.02. The molecule has 2 heterocycles. The molecule has 0 saturated carbocycles. The lowest BCUT2D eigenvalue weighted by Crippen LogP contribution is -2.36. The minimum absolute atomic E-state index is 0.104. The lowest BCUT2D eigenvalue weighted by atomic mass is 9.94. The van der Waals surface area contributed by atoms with E-state index in [0.717, 1.165) is 32.5 Å². The van der Waals surface area contributed by atoms with Crippen LogP contribution in [0.5, 0.6) is 0 Å². The van der Waals surface area contributed by atoms with E-state index in [1.807, 2.05) is 0 Å². The fourth-order valence-corrected chi connectivity index (χ4v) is 2.55. The Kier molecular flexibility index (Phi) is 4.84. The van der Waals surface area contributed by atoms with Gasteiger partial charge in [-0.3, -0.25) is 4.39 Å². The first-order valence-electron chi connectivity index (χ1n) is 6.64. The molecule has 1 saturated heterocycles. The number of piperidine rings is 1. The quantitative estimate of drug-likeness (QED) is 0.584. The highest BCUT2D eigenvalue weighted by molar-refractivity contribution is 5.06. The summed E-state index contributed by atoms with van der Waals surface area (Å²) in [7, 11) is 0. The summed E-state index contributed by atoms with van der Waals surface area (Å²) in [5, 5.41) is 10.7. The van der Waals surface area contributed by atoms with Crippen molar-refractivity contribution in [2.45, 2.75) is 25.8 Å². The van der Waals surface area contributed by atoms with Crippen molar-refractivity contribution in [1.29, 1.82) is 0 Å². The predicted octanol–water partition coefficient (Wildman–Crippen LogP) is 1.86. The van der Waals surface area contributed by atoms with Crippen LogP contribution in [0.15, 0.2) is 12.4 Å². The molecule has 1 aliphatic heterocycles. The van der Waals surface area contributed by atoms with E-state index in [9.17, 15) is 14.5 Å². The molecular weight excluding hydrogens is 251 g/mol. The Labute approximate surface area is 111 Å². The normalized spacial score (nSPS) is 17.7. The van der Waals surface area contributed by atoms with Crippen LogP contribution in [0, 0.1) is 16.0 Å². The molecule has 0 amide bonds. The maximum absolute atomic E-state index is 12.2. The lowest BCUT2D eigenvalue weighted by molar-refractivity contribution is -0.396. The van der Waals surface area contributed by atoms with Gasteiger partial charge in [-0.1, -0.05) is 4.98 Å². The molecule has 0 atom stereocenters. The molecule has 7 heteroatoms. The fraction of sp³-hybridized carbons (Fsp3) is 0.750. The Bertz CT molecular complexity index is 416. The highest BCUT2D eigenvalue weighted by Gasteiger charge is 2.20. The summed E-state index contributed by atoms with van der Waals surface area (Å²) in [6.07, 6.45) is 5.80. The number of nitrogens with zero attached hydrogens (tertiary/aromatic N) is 4. The van der Waals surface area contributed by atoms with Crippen LogP contribution in [-0.2, 0) is 6.54 Å². The van der Waals surface area contributed by atoms with E-state index in [-0.39, 0.29) is 12.6 Å². The van der Waals surface area contributed by atoms with Gasteiger partial charge in [-0.25, -0.2) is 4.57 Å². The van der Waals surface area contributed by atoms with E-state index in [0.29, 0.717) is 18.9 Å². The van der Waals surface area contributed by atoms with Crippen molar-refractivity contribution in [2.75, 3.05) is 26.3 Å². The number of hydrogen-bond donors (Lipinski definition) is 0. The summed E-state index contributed by atoms with van der Waals surface area (Å²) >= 11 is 0. The zero-order valence-corrected chi connectivity index (χ0v) is 10.9. The molecular formula is C12H19FN4O2. The molecule has 19 heavy (non-hydrogen) atoms. The van der Waals surface area contributed by atoms with Crippen molar-refractivity contribution in [3.05, 3.63) is 22.5 Å². The molecule has 1 aromatic heterocycles. The molecule has 0 unspecified atom stereocenters. The number of rotatable bonds is 6. The van der Waals surface area contributed by atoms with Gasteiger partial charge in [-0.15, -0.1) is 0 Å². The van der Waals surface area contributed by atoms with E-state index in [1.165, 1.54) is 6.20 Å². The molecule has 1 fully saturated rings. The van der Waals surface area contributed by atoms with Gasteiger partial charge in [0.2, 0.25) is 0 Å². The molecule has 1 aliphatic rings. The average Bonchev–Trinajstić information content (AvgIpc) is 2.87. The van der Waals surface area contributed by atoms with Gasteiger partial charge in [0.1, 0.15) is 12.4 Å². The molecule has 0 spiro atoms. The van der Waals surface area contributed by atoms with Gasteiger partial charge >= 0.3 is 5.95 Å². The number of hydrogen-bond acceptors (Lipinski definition) is 4. The highest BCUT2D eigenvalue weighted by atomic mass is 19.1. The van der Waals surface area contributed by atoms with Gasteiger partial charge < -0.3 is 15.0 Å². The third-order valence-electron chi connectivity index (χ3n) is 3.74. The zero-order valence-electron chi connectivity index (χ0n) is 10.9. The molecule has 2 rings (SSSR count). The maximum atomic E-state index is 12.2. The van der Waals surface area contributed by atoms with E-state index >= 15 is 0 Å². The Morgan fingerprint density at radius 2 is 2.16 bits per heavy atom. The Morgan fingerprint density at radius 3 is 2.79 bits per heavy atom. The van der Waals surface area contributed by atoms with Crippen LogP contribution in [0.3, 0.4) is 0 Å². The SMILES string of the molecule is O=[N+]([O-])c1nccn1CCN1CCC(CCF)CC1. The number of likely N-dealkylation sites (tertiary alicyclic amines) is 1. The first kappa shape index (κ1) is 13.9. The maximum Gasteiger partial charge on any atom is 0.434 e. The summed E-state index contributed by atoms with van der Waals surface area (Å²) in [5.74, 6) is 0.399. The van der Waals surface area contributed by atoms with E-state index < -0.39 is 4.92 Å². The van der Waals surface area contributed by atoms with Gasteiger partial charge in [0.05, 0.1) is 13.2 Å². The van der Waals surface area contributed by atoms with Crippen LogP contribution < -0.4 is 0 Å². The standard InChI is InChI=1S/C12H19FN4O2/c13-4-1-11-2-6-15(7-3-11)9-10-16-8-5-14-12(16)17(18)19/h5,8,11H,1-4,6-7,9-10H2. The highest BCUT2D eigenvalue weighted by Crippen LogP contribution is 2.20. The Hall–Kier alpha value is -1.50. The van der Waals surface area contributed by atoms with Gasteiger partial charge in [0.15, 0.2) is 0 Å². The largest absolute Gasteiger partial charge is 0.434 e. The smallest absolute Gasteiger partial charge is 0.390 e. The molecule has 6 nitrogen and oxygen atoms in total. The summed E-state index contributed by atoms with van der Waals surface area (Å²) in [5.41, 5.74) is 0. The summed E-state index contributed by atoms with van der Waals surface area (Å²) in [4.78, 5) is 16.3. The van der Waals surface area contributed by atoms with Crippen molar-refractivity contribution in [3.8, 4) is 0 Å². The topological polar surface area (TPSA) is 64.2 Å².